The third kappa shape index (κ3) is 3.58. The maximum Gasteiger partial charge on any atom is 0.200 e. The fraction of sp³-hybridized carbons (Fsp3) is 0.368. The van der Waals surface area contributed by atoms with Crippen molar-refractivity contribution in [1.82, 2.24) is 0 Å². The highest BCUT2D eigenvalue weighted by Gasteiger charge is 2.49. The minimum atomic E-state index is -0.743. The lowest BCUT2D eigenvalue weighted by Gasteiger charge is -2.16. The average Bonchev–Trinajstić information content (AvgIpc) is 2.68. The molecule has 1 aromatic carbocycles. The predicted molar refractivity (Wildman–Crippen MR) is 93.0 cm³/mol. The molecule has 0 aliphatic carbocycles. The number of thioether (sulfide) groups is 1. The Hall–Kier alpha value is -1.61. The van der Waals surface area contributed by atoms with Crippen molar-refractivity contribution in [3.8, 4) is 0 Å². The molecular formula is C19H22O2S. The lowest BCUT2D eigenvalue weighted by atomic mass is 9.89. The monoisotopic (exact) mass is 314 g/mol. The fourth-order valence-corrected chi connectivity index (χ4v) is 3.96. The van der Waals surface area contributed by atoms with Gasteiger partial charge in [0.15, 0.2) is 5.78 Å². The average molecular weight is 314 g/mol. The first-order chi connectivity index (χ1) is 10.4. The van der Waals surface area contributed by atoms with Crippen molar-refractivity contribution in [3.63, 3.8) is 0 Å². The molecule has 1 aliphatic heterocycles. The predicted octanol–water partition coefficient (Wildman–Crippen LogP) is 4.28. The number of Topliss-reactive ketones (excluding diaryl/α,β-unsaturated/α-hetero) is 1. The van der Waals surface area contributed by atoms with Crippen LogP contribution in [0.25, 0.3) is 0 Å². The molecule has 0 saturated carbocycles. The van der Waals surface area contributed by atoms with E-state index in [1.807, 2.05) is 26.8 Å². The van der Waals surface area contributed by atoms with Gasteiger partial charge in [-0.3, -0.25) is 9.59 Å². The molecule has 0 spiro atoms. The summed E-state index contributed by atoms with van der Waals surface area (Å²) in [4.78, 5) is 24.9. The van der Waals surface area contributed by atoms with E-state index in [1.54, 1.807) is 6.08 Å². The zero-order chi connectivity index (χ0) is 16.3. The number of allylic oxidation sites excluding steroid dienone is 2. The van der Waals surface area contributed by atoms with E-state index < -0.39 is 10.7 Å². The van der Waals surface area contributed by atoms with Gasteiger partial charge in [-0.25, -0.2) is 0 Å². The van der Waals surface area contributed by atoms with Crippen LogP contribution in [0.3, 0.4) is 0 Å². The number of hydrogen-bond donors (Lipinski definition) is 0. The van der Waals surface area contributed by atoms with Gasteiger partial charge in [0.2, 0.25) is 5.12 Å². The minimum absolute atomic E-state index is 0.00674. The van der Waals surface area contributed by atoms with Crippen LogP contribution in [0, 0.1) is 12.8 Å². The topological polar surface area (TPSA) is 34.1 Å². The van der Waals surface area contributed by atoms with Crippen LogP contribution in [0.4, 0.5) is 0 Å². The first-order valence-electron chi connectivity index (χ1n) is 7.50. The third-order valence-electron chi connectivity index (χ3n) is 4.07. The number of carbonyl (C=O) groups excluding carboxylic acids is 2. The maximum absolute atomic E-state index is 12.6. The smallest absolute Gasteiger partial charge is 0.200 e. The van der Waals surface area contributed by atoms with Gasteiger partial charge >= 0.3 is 0 Å². The van der Waals surface area contributed by atoms with Crippen LogP contribution in [0.1, 0.15) is 31.4 Å². The summed E-state index contributed by atoms with van der Waals surface area (Å²) in [5.74, 6) is -0.471. The van der Waals surface area contributed by atoms with Gasteiger partial charge in [0.05, 0.1) is 10.7 Å². The van der Waals surface area contributed by atoms with Gasteiger partial charge in [-0.1, -0.05) is 65.9 Å². The van der Waals surface area contributed by atoms with Crippen LogP contribution in [0.15, 0.2) is 48.6 Å². The quantitative estimate of drug-likeness (QED) is 0.601. The Labute approximate surface area is 136 Å². The second kappa shape index (κ2) is 6.66. The van der Waals surface area contributed by atoms with Crippen molar-refractivity contribution in [2.75, 3.05) is 0 Å². The van der Waals surface area contributed by atoms with Gasteiger partial charge in [0, 0.05) is 0 Å². The fourth-order valence-electron chi connectivity index (χ4n) is 2.69. The summed E-state index contributed by atoms with van der Waals surface area (Å²) in [6, 6.07) is 8.24. The molecule has 2 unspecified atom stereocenters. The van der Waals surface area contributed by atoms with Crippen molar-refractivity contribution >= 4 is 22.7 Å². The number of hydrogen-bond acceptors (Lipinski definition) is 3. The molecule has 0 radical (unpaired) electrons. The molecular weight excluding hydrogens is 292 g/mol. The molecule has 1 saturated heterocycles. The number of aryl methyl sites for hydroxylation is 2. The normalized spacial score (nSPS) is 25.6. The van der Waals surface area contributed by atoms with Gasteiger partial charge < -0.3 is 0 Å². The van der Waals surface area contributed by atoms with E-state index in [0.717, 1.165) is 23.8 Å². The molecule has 3 heteroatoms. The summed E-state index contributed by atoms with van der Waals surface area (Å²) in [5.41, 5.74) is 3.31. The summed E-state index contributed by atoms with van der Waals surface area (Å²) in [6.45, 7) is 9.48. The summed E-state index contributed by atoms with van der Waals surface area (Å²) < 4.78 is -0.743. The number of carbonyl (C=O) groups is 2. The molecule has 116 valence electrons. The van der Waals surface area contributed by atoms with Crippen molar-refractivity contribution in [1.29, 1.82) is 0 Å². The number of rotatable bonds is 5. The zero-order valence-corrected chi connectivity index (χ0v) is 14.2. The highest BCUT2D eigenvalue weighted by Crippen LogP contribution is 2.43. The molecule has 0 bridgehead atoms. The molecule has 1 aliphatic rings. The molecule has 1 aromatic rings. The second-order valence-corrected chi connectivity index (χ2v) is 7.52. The highest BCUT2D eigenvalue weighted by molar-refractivity contribution is 8.16. The summed E-state index contributed by atoms with van der Waals surface area (Å²) in [7, 11) is 0. The van der Waals surface area contributed by atoms with Crippen molar-refractivity contribution in [2.24, 2.45) is 5.92 Å². The van der Waals surface area contributed by atoms with E-state index in [1.165, 1.54) is 11.1 Å². The van der Waals surface area contributed by atoms with Gasteiger partial charge in [0.25, 0.3) is 0 Å². The Morgan fingerprint density at radius 2 is 1.95 bits per heavy atom. The first-order valence-corrected chi connectivity index (χ1v) is 8.32. The molecule has 1 fully saturated rings. The minimum Gasteiger partial charge on any atom is -0.297 e. The molecule has 0 amide bonds. The lowest BCUT2D eigenvalue weighted by molar-refractivity contribution is -0.127. The number of benzene rings is 1. The summed E-state index contributed by atoms with van der Waals surface area (Å²) in [6.07, 6.45) is 4.91. The third-order valence-corrected chi connectivity index (χ3v) is 5.30. The molecule has 1 heterocycles. The summed E-state index contributed by atoms with van der Waals surface area (Å²) in [5, 5.41) is -0.00674. The largest absolute Gasteiger partial charge is 0.297 e. The van der Waals surface area contributed by atoms with E-state index in [0.29, 0.717) is 6.42 Å². The van der Waals surface area contributed by atoms with E-state index in [2.05, 4.69) is 30.8 Å². The SMILES string of the molecule is C=CC(C)=CC1(C)SC(=O)C(CCc2ccc(C)cc2)C1=O. The Morgan fingerprint density at radius 1 is 1.32 bits per heavy atom. The van der Waals surface area contributed by atoms with Gasteiger partial charge in [-0.2, -0.15) is 0 Å². The van der Waals surface area contributed by atoms with Crippen LogP contribution >= 0.6 is 11.8 Å². The van der Waals surface area contributed by atoms with Gasteiger partial charge in [-0.15, -0.1) is 0 Å². The molecule has 0 aromatic heterocycles. The maximum atomic E-state index is 12.6. The van der Waals surface area contributed by atoms with Crippen molar-refractivity contribution in [3.05, 3.63) is 59.7 Å². The van der Waals surface area contributed by atoms with E-state index in [-0.39, 0.29) is 10.9 Å². The summed E-state index contributed by atoms with van der Waals surface area (Å²) >= 11 is 1.15. The van der Waals surface area contributed by atoms with Gasteiger partial charge in [-0.05, 0) is 39.2 Å². The standard InChI is InChI=1S/C19H22O2S/c1-5-13(2)12-19(4)17(20)16(18(21)22-19)11-10-15-8-6-14(3)7-9-15/h5-9,12,16H,1,10-11H2,2-4H3. The first kappa shape index (κ1) is 16.8. The lowest BCUT2D eigenvalue weighted by Crippen LogP contribution is -2.29. The Bertz CT molecular complexity index is 627. The van der Waals surface area contributed by atoms with Crippen LogP contribution < -0.4 is 0 Å². The van der Waals surface area contributed by atoms with E-state index in [4.69, 9.17) is 0 Å². The molecule has 2 rings (SSSR count). The molecule has 22 heavy (non-hydrogen) atoms. The van der Waals surface area contributed by atoms with Crippen molar-refractivity contribution < 1.29 is 9.59 Å². The number of ketones is 1. The van der Waals surface area contributed by atoms with Crippen LogP contribution in [-0.2, 0) is 16.0 Å². The van der Waals surface area contributed by atoms with Crippen LogP contribution in [0.2, 0.25) is 0 Å². The highest BCUT2D eigenvalue weighted by atomic mass is 32.2. The zero-order valence-electron chi connectivity index (χ0n) is 13.4. The second-order valence-electron chi connectivity index (χ2n) is 6.06. The van der Waals surface area contributed by atoms with Gasteiger partial charge in [0.1, 0.15) is 0 Å². The molecule has 2 atom stereocenters. The van der Waals surface area contributed by atoms with Crippen molar-refractivity contribution in [2.45, 2.75) is 38.4 Å². The Balaban J connectivity index is 2.09. The van der Waals surface area contributed by atoms with Crippen LogP contribution in [0.5, 0.6) is 0 Å². The molecule has 0 N–H and O–H groups in total. The van der Waals surface area contributed by atoms with E-state index in [9.17, 15) is 9.59 Å². The molecule has 2 nitrogen and oxygen atoms in total. The van der Waals surface area contributed by atoms with Crippen LogP contribution in [-0.4, -0.2) is 15.6 Å². The Kier molecular flexibility index (Phi) is 5.07. The Morgan fingerprint density at radius 3 is 2.55 bits per heavy atom. The van der Waals surface area contributed by atoms with E-state index >= 15 is 0 Å².